The van der Waals surface area contributed by atoms with Crippen molar-refractivity contribution in [2.24, 2.45) is 46.3 Å². The Bertz CT molecular complexity index is 735. The molecule has 0 aliphatic heterocycles. The normalized spacial score (nSPS) is 41.8. The molecule has 0 N–H and O–H groups in total. The third kappa shape index (κ3) is 4.25. The van der Waals surface area contributed by atoms with Gasteiger partial charge < -0.3 is 4.74 Å². The zero-order valence-electron chi connectivity index (χ0n) is 21.5. The molecule has 4 rings (SSSR count). The van der Waals surface area contributed by atoms with E-state index in [0.29, 0.717) is 10.8 Å². The minimum Gasteiger partial charge on any atom is -0.459 e. The molecule has 0 aromatic heterocycles. The first-order chi connectivity index (χ1) is 15.2. The predicted octanol–water partition coefficient (Wildman–Crippen LogP) is 8.13. The predicted molar refractivity (Wildman–Crippen MR) is 133 cm³/mol. The Morgan fingerprint density at radius 3 is 2.62 bits per heavy atom. The minimum atomic E-state index is -0.263. The first kappa shape index (κ1) is 24.1. The highest BCUT2D eigenvalue weighted by Crippen LogP contribution is 2.67. The molecule has 3 saturated carbocycles. The number of hydrogen-bond donors (Lipinski definition) is 0. The Kier molecular flexibility index (Phi) is 7.00. The molecule has 2 heteroatoms. The topological polar surface area (TPSA) is 26.3 Å². The van der Waals surface area contributed by atoms with Gasteiger partial charge in [-0.2, -0.15) is 0 Å². The van der Waals surface area contributed by atoms with E-state index >= 15 is 0 Å². The highest BCUT2D eigenvalue weighted by Gasteiger charge is 2.59. The molecular formula is C30H48O2. The van der Waals surface area contributed by atoms with Gasteiger partial charge in [-0.1, -0.05) is 72.1 Å². The molecule has 4 aliphatic carbocycles. The fourth-order valence-electron chi connectivity index (χ4n) is 8.97. The van der Waals surface area contributed by atoms with Crippen molar-refractivity contribution in [3.63, 3.8) is 0 Å². The lowest BCUT2D eigenvalue weighted by Gasteiger charge is -2.58. The Labute approximate surface area is 197 Å². The van der Waals surface area contributed by atoms with Crippen LogP contribution in [0.3, 0.4) is 0 Å². The summed E-state index contributed by atoms with van der Waals surface area (Å²) < 4.78 is 5.65. The number of ether oxygens (including phenoxy) is 1. The second-order valence-electron chi connectivity index (χ2n) is 12.8. The van der Waals surface area contributed by atoms with Crippen LogP contribution in [0.5, 0.6) is 0 Å². The van der Waals surface area contributed by atoms with Crippen LogP contribution in [0.15, 0.2) is 24.3 Å². The number of allylic oxidation sites excluding steroid dienone is 1. The van der Waals surface area contributed by atoms with E-state index in [9.17, 15) is 4.79 Å². The van der Waals surface area contributed by atoms with Gasteiger partial charge in [-0.3, -0.25) is 0 Å². The highest BCUT2D eigenvalue weighted by atomic mass is 16.5. The number of hydrogen-bond acceptors (Lipinski definition) is 2. The molecular weight excluding hydrogens is 392 g/mol. The molecule has 8 atom stereocenters. The molecule has 0 radical (unpaired) electrons. The SMILES string of the molecule is C=CC(=O)O[C@H]1CC[C@@]2(C)C(=CC[C@H]3[C@@H]4CC[C@H](C(C)CCCC(C)C)[C@@]4(C)CC[C@@H]32)C1. The average molecular weight is 441 g/mol. The van der Waals surface area contributed by atoms with Crippen molar-refractivity contribution in [1.29, 1.82) is 0 Å². The van der Waals surface area contributed by atoms with Crippen LogP contribution >= 0.6 is 0 Å². The van der Waals surface area contributed by atoms with E-state index in [1.54, 1.807) is 5.57 Å². The highest BCUT2D eigenvalue weighted by molar-refractivity contribution is 5.81. The van der Waals surface area contributed by atoms with Gasteiger partial charge in [0.25, 0.3) is 0 Å². The van der Waals surface area contributed by atoms with Crippen molar-refractivity contribution in [2.75, 3.05) is 0 Å². The van der Waals surface area contributed by atoms with Gasteiger partial charge >= 0.3 is 5.97 Å². The van der Waals surface area contributed by atoms with Crippen LogP contribution in [0.2, 0.25) is 0 Å². The fourth-order valence-corrected chi connectivity index (χ4v) is 8.97. The fraction of sp³-hybridized carbons (Fsp3) is 0.833. The molecule has 0 spiro atoms. The molecule has 180 valence electrons. The second-order valence-corrected chi connectivity index (χ2v) is 12.8. The van der Waals surface area contributed by atoms with Gasteiger partial charge in [0.05, 0.1) is 0 Å². The summed E-state index contributed by atoms with van der Waals surface area (Å²) >= 11 is 0. The monoisotopic (exact) mass is 440 g/mol. The summed E-state index contributed by atoms with van der Waals surface area (Å²) in [5.41, 5.74) is 2.46. The zero-order valence-corrected chi connectivity index (χ0v) is 21.5. The smallest absolute Gasteiger partial charge is 0.330 e. The van der Waals surface area contributed by atoms with E-state index in [1.165, 1.54) is 63.9 Å². The third-order valence-electron chi connectivity index (χ3n) is 10.7. The molecule has 4 aliphatic rings. The Morgan fingerprint density at radius 2 is 1.91 bits per heavy atom. The molecule has 0 bridgehead atoms. The standard InChI is InChI=1S/C30H48O2/c1-7-28(31)32-23-15-17-29(5)22(19-23)11-12-24-26-14-13-25(21(4)10-8-9-20(2)3)30(26,6)18-16-27(24)29/h7,11,20-21,23-27H,1,8-10,12-19H2,2-6H3/t21?,23-,24-,25+,26-,27-,29-,30+/m0/s1. The Balaban J connectivity index is 1.46. The largest absolute Gasteiger partial charge is 0.459 e. The molecule has 0 saturated heterocycles. The first-order valence-electron chi connectivity index (χ1n) is 13.7. The lowest BCUT2D eigenvalue weighted by Crippen LogP contribution is -2.51. The summed E-state index contributed by atoms with van der Waals surface area (Å²) in [6.07, 6.45) is 18.3. The lowest BCUT2D eigenvalue weighted by atomic mass is 9.47. The molecule has 0 aromatic rings. The Morgan fingerprint density at radius 1 is 1.12 bits per heavy atom. The van der Waals surface area contributed by atoms with Crippen LogP contribution in [-0.4, -0.2) is 12.1 Å². The third-order valence-corrected chi connectivity index (χ3v) is 10.7. The van der Waals surface area contributed by atoms with Crippen LogP contribution in [0.25, 0.3) is 0 Å². The first-order valence-corrected chi connectivity index (χ1v) is 13.7. The number of carbonyl (C=O) groups is 1. The summed E-state index contributed by atoms with van der Waals surface area (Å²) in [5, 5.41) is 0. The summed E-state index contributed by atoms with van der Waals surface area (Å²) in [6, 6.07) is 0. The number of fused-ring (bicyclic) bond motifs is 5. The molecule has 1 unspecified atom stereocenters. The number of esters is 1. The van der Waals surface area contributed by atoms with Crippen LogP contribution in [0.4, 0.5) is 0 Å². The summed E-state index contributed by atoms with van der Waals surface area (Å²) in [7, 11) is 0. The molecule has 3 fully saturated rings. The van der Waals surface area contributed by atoms with E-state index in [2.05, 4.69) is 47.3 Å². The van der Waals surface area contributed by atoms with E-state index in [-0.39, 0.29) is 12.1 Å². The molecule has 32 heavy (non-hydrogen) atoms. The van der Waals surface area contributed by atoms with Crippen molar-refractivity contribution in [3.8, 4) is 0 Å². The molecule has 0 amide bonds. The number of rotatable bonds is 7. The maximum atomic E-state index is 11.7. The van der Waals surface area contributed by atoms with Crippen LogP contribution < -0.4 is 0 Å². The van der Waals surface area contributed by atoms with Gasteiger partial charge in [-0.05, 0) is 91.3 Å². The van der Waals surface area contributed by atoms with Crippen molar-refractivity contribution in [1.82, 2.24) is 0 Å². The van der Waals surface area contributed by atoms with E-state index < -0.39 is 0 Å². The minimum absolute atomic E-state index is 0.0489. The maximum absolute atomic E-state index is 11.7. The molecule has 0 heterocycles. The van der Waals surface area contributed by atoms with Gasteiger partial charge in [-0.15, -0.1) is 0 Å². The van der Waals surface area contributed by atoms with Gasteiger partial charge in [0, 0.05) is 12.5 Å². The van der Waals surface area contributed by atoms with E-state index in [0.717, 1.165) is 48.3 Å². The quantitative estimate of drug-likeness (QED) is 0.227. The van der Waals surface area contributed by atoms with Crippen LogP contribution in [0, 0.1) is 46.3 Å². The van der Waals surface area contributed by atoms with Gasteiger partial charge in [0.1, 0.15) is 6.10 Å². The molecule has 2 nitrogen and oxygen atoms in total. The van der Waals surface area contributed by atoms with Crippen LogP contribution in [0.1, 0.15) is 105 Å². The summed E-state index contributed by atoms with van der Waals surface area (Å²) in [4.78, 5) is 11.7. The van der Waals surface area contributed by atoms with E-state index in [4.69, 9.17) is 4.74 Å². The van der Waals surface area contributed by atoms with Gasteiger partial charge in [0.2, 0.25) is 0 Å². The van der Waals surface area contributed by atoms with E-state index in [1.807, 2.05) is 0 Å². The van der Waals surface area contributed by atoms with Gasteiger partial charge in [-0.25, -0.2) is 4.79 Å². The molecule has 0 aromatic carbocycles. The zero-order chi connectivity index (χ0) is 23.1. The van der Waals surface area contributed by atoms with Crippen molar-refractivity contribution < 1.29 is 9.53 Å². The van der Waals surface area contributed by atoms with Crippen molar-refractivity contribution >= 4 is 5.97 Å². The second kappa shape index (κ2) is 9.30. The van der Waals surface area contributed by atoms with Crippen molar-refractivity contribution in [2.45, 2.75) is 111 Å². The van der Waals surface area contributed by atoms with Crippen molar-refractivity contribution in [3.05, 3.63) is 24.3 Å². The average Bonchev–Trinajstić information content (AvgIpc) is 3.11. The van der Waals surface area contributed by atoms with Gasteiger partial charge in [0.15, 0.2) is 0 Å². The maximum Gasteiger partial charge on any atom is 0.330 e. The van der Waals surface area contributed by atoms with Crippen LogP contribution in [-0.2, 0) is 9.53 Å². The lowest BCUT2D eigenvalue weighted by molar-refractivity contribution is -0.145. The summed E-state index contributed by atoms with van der Waals surface area (Å²) in [6.45, 7) is 16.1. The Hall–Kier alpha value is -1.05. The summed E-state index contributed by atoms with van der Waals surface area (Å²) in [5.74, 6) is 4.97. The number of carbonyl (C=O) groups excluding carboxylic acids is 1.